The van der Waals surface area contributed by atoms with Crippen molar-refractivity contribution in [3.05, 3.63) is 23.1 Å². The Morgan fingerprint density at radius 3 is 2.89 bits per heavy atom. The standard InChI is InChI=1S/C13H18ClFN2O/c14-10-8-12(15)13(17-9-10)16-6-7-18-11-4-2-1-3-5-11/h8-9,11H,1-7H2,(H,16,17). The number of anilines is 1. The number of rotatable bonds is 5. The van der Waals surface area contributed by atoms with Gasteiger partial charge in [0.25, 0.3) is 0 Å². The van der Waals surface area contributed by atoms with E-state index >= 15 is 0 Å². The molecule has 0 amide bonds. The van der Waals surface area contributed by atoms with Gasteiger partial charge in [-0.25, -0.2) is 9.37 Å². The molecule has 0 radical (unpaired) electrons. The molecule has 100 valence electrons. The molecule has 1 fully saturated rings. The summed E-state index contributed by atoms with van der Waals surface area (Å²) in [6, 6.07) is 1.25. The molecule has 1 heterocycles. The lowest BCUT2D eigenvalue weighted by atomic mass is 9.98. The van der Waals surface area contributed by atoms with Crippen molar-refractivity contribution in [1.29, 1.82) is 0 Å². The van der Waals surface area contributed by atoms with E-state index < -0.39 is 5.82 Å². The lowest BCUT2D eigenvalue weighted by molar-refractivity contribution is 0.0347. The molecule has 0 atom stereocenters. The number of nitrogens with one attached hydrogen (secondary N) is 1. The summed E-state index contributed by atoms with van der Waals surface area (Å²) in [7, 11) is 0. The Bertz CT molecular complexity index is 383. The van der Waals surface area contributed by atoms with Crippen LogP contribution in [0.3, 0.4) is 0 Å². The van der Waals surface area contributed by atoms with E-state index in [2.05, 4.69) is 10.3 Å². The minimum atomic E-state index is -0.430. The largest absolute Gasteiger partial charge is 0.376 e. The minimum absolute atomic E-state index is 0.228. The molecular formula is C13H18ClFN2O. The first-order chi connectivity index (χ1) is 8.75. The second kappa shape index (κ2) is 6.90. The Morgan fingerprint density at radius 2 is 2.17 bits per heavy atom. The third kappa shape index (κ3) is 4.10. The number of nitrogens with zero attached hydrogens (tertiary/aromatic N) is 1. The normalized spacial score (nSPS) is 16.8. The third-order valence-corrected chi connectivity index (χ3v) is 3.31. The van der Waals surface area contributed by atoms with E-state index in [1.54, 1.807) is 0 Å². The van der Waals surface area contributed by atoms with Crippen LogP contribution in [0.15, 0.2) is 12.3 Å². The lowest BCUT2D eigenvalue weighted by Crippen LogP contribution is -2.21. The fourth-order valence-electron chi connectivity index (χ4n) is 2.17. The molecular weight excluding hydrogens is 255 g/mol. The smallest absolute Gasteiger partial charge is 0.166 e. The summed E-state index contributed by atoms with van der Waals surface area (Å²) in [6.45, 7) is 1.14. The van der Waals surface area contributed by atoms with Crippen molar-refractivity contribution in [2.75, 3.05) is 18.5 Å². The Labute approximate surface area is 112 Å². The first-order valence-corrected chi connectivity index (χ1v) is 6.80. The van der Waals surface area contributed by atoms with E-state index in [0.29, 0.717) is 24.3 Å². The van der Waals surface area contributed by atoms with Crippen LogP contribution in [0.25, 0.3) is 0 Å². The van der Waals surface area contributed by atoms with Gasteiger partial charge in [0, 0.05) is 12.7 Å². The van der Waals surface area contributed by atoms with E-state index in [0.717, 1.165) is 12.8 Å². The highest BCUT2D eigenvalue weighted by atomic mass is 35.5. The molecule has 18 heavy (non-hydrogen) atoms. The highest BCUT2D eigenvalue weighted by Crippen LogP contribution is 2.20. The van der Waals surface area contributed by atoms with Gasteiger partial charge in [-0.3, -0.25) is 0 Å². The summed E-state index contributed by atoms with van der Waals surface area (Å²) in [6.07, 6.45) is 7.92. The molecule has 1 N–H and O–H groups in total. The van der Waals surface area contributed by atoms with Crippen molar-refractivity contribution in [1.82, 2.24) is 4.98 Å². The van der Waals surface area contributed by atoms with Crippen LogP contribution in [0.5, 0.6) is 0 Å². The molecule has 0 unspecified atom stereocenters. The zero-order valence-corrected chi connectivity index (χ0v) is 11.0. The zero-order valence-electron chi connectivity index (χ0n) is 10.3. The molecule has 0 aromatic carbocycles. The lowest BCUT2D eigenvalue weighted by Gasteiger charge is -2.22. The molecule has 2 rings (SSSR count). The number of pyridine rings is 1. The molecule has 5 heteroatoms. The van der Waals surface area contributed by atoms with Crippen LogP contribution in [0.4, 0.5) is 10.2 Å². The van der Waals surface area contributed by atoms with Gasteiger partial charge in [-0.05, 0) is 18.9 Å². The van der Waals surface area contributed by atoms with Crippen LogP contribution in [0.1, 0.15) is 32.1 Å². The van der Waals surface area contributed by atoms with Crippen molar-refractivity contribution in [2.24, 2.45) is 0 Å². The number of halogens is 2. The summed E-state index contributed by atoms with van der Waals surface area (Å²) < 4.78 is 19.1. The van der Waals surface area contributed by atoms with Gasteiger partial charge >= 0.3 is 0 Å². The van der Waals surface area contributed by atoms with Crippen molar-refractivity contribution >= 4 is 17.4 Å². The average molecular weight is 273 g/mol. The molecule has 1 saturated carbocycles. The average Bonchev–Trinajstić information content (AvgIpc) is 2.38. The maximum Gasteiger partial charge on any atom is 0.166 e. The maximum absolute atomic E-state index is 13.4. The van der Waals surface area contributed by atoms with E-state index in [1.165, 1.54) is 31.5 Å². The van der Waals surface area contributed by atoms with Gasteiger partial charge < -0.3 is 10.1 Å². The van der Waals surface area contributed by atoms with Crippen molar-refractivity contribution in [3.8, 4) is 0 Å². The molecule has 1 aromatic heterocycles. The molecule has 1 aromatic rings. The van der Waals surface area contributed by atoms with E-state index in [-0.39, 0.29) is 5.82 Å². The van der Waals surface area contributed by atoms with Crippen LogP contribution in [0, 0.1) is 5.82 Å². The Balaban J connectivity index is 1.68. The number of ether oxygens (including phenoxy) is 1. The molecule has 0 saturated heterocycles. The van der Waals surface area contributed by atoms with Crippen molar-refractivity contribution in [3.63, 3.8) is 0 Å². The molecule has 1 aliphatic rings. The predicted molar refractivity (Wildman–Crippen MR) is 70.5 cm³/mol. The van der Waals surface area contributed by atoms with Gasteiger partial charge in [-0.15, -0.1) is 0 Å². The Kier molecular flexibility index (Phi) is 5.20. The van der Waals surface area contributed by atoms with E-state index in [1.807, 2.05) is 0 Å². The number of hydrogen-bond acceptors (Lipinski definition) is 3. The van der Waals surface area contributed by atoms with Crippen molar-refractivity contribution in [2.45, 2.75) is 38.2 Å². The van der Waals surface area contributed by atoms with Gasteiger partial charge in [0.05, 0.1) is 17.7 Å². The molecule has 0 bridgehead atoms. The van der Waals surface area contributed by atoms with E-state index in [4.69, 9.17) is 16.3 Å². The van der Waals surface area contributed by atoms with Gasteiger partial charge in [0.15, 0.2) is 11.6 Å². The van der Waals surface area contributed by atoms with Crippen LogP contribution in [-0.4, -0.2) is 24.2 Å². The van der Waals surface area contributed by atoms with Gasteiger partial charge in [0.2, 0.25) is 0 Å². The molecule has 0 spiro atoms. The monoisotopic (exact) mass is 272 g/mol. The summed E-state index contributed by atoms with van der Waals surface area (Å²) in [5, 5.41) is 3.21. The first kappa shape index (κ1) is 13.6. The highest BCUT2D eigenvalue weighted by Gasteiger charge is 2.13. The fourth-order valence-corrected chi connectivity index (χ4v) is 2.32. The summed E-state index contributed by atoms with van der Waals surface area (Å²) >= 11 is 5.62. The van der Waals surface area contributed by atoms with Gasteiger partial charge in [-0.1, -0.05) is 30.9 Å². The molecule has 0 aliphatic heterocycles. The summed E-state index contributed by atoms with van der Waals surface area (Å²) in [5.41, 5.74) is 0. The van der Waals surface area contributed by atoms with Crippen LogP contribution < -0.4 is 5.32 Å². The number of aromatic nitrogens is 1. The van der Waals surface area contributed by atoms with Gasteiger partial charge in [0.1, 0.15) is 0 Å². The second-order valence-corrected chi connectivity index (χ2v) is 4.98. The highest BCUT2D eigenvalue weighted by molar-refractivity contribution is 6.30. The SMILES string of the molecule is Fc1cc(Cl)cnc1NCCOC1CCCCC1. The van der Waals surface area contributed by atoms with Crippen LogP contribution in [-0.2, 0) is 4.74 Å². The topological polar surface area (TPSA) is 34.2 Å². The third-order valence-electron chi connectivity index (χ3n) is 3.11. The molecule has 3 nitrogen and oxygen atoms in total. The number of hydrogen-bond donors (Lipinski definition) is 1. The quantitative estimate of drug-likeness (QED) is 0.831. The maximum atomic E-state index is 13.4. The predicted octanol–water partition coefficient (Wildman–Crippen LogP) is 3.64. The first-order valence-electron chi connectivity index (χ1n) is 6.42. The molecule has 1 aliphatic carbocycles. The second-order valence-electron chi connectivity index (χ2n) is 4.54. The Morgan fingerprint density at radius 1 is 1.39 bits per heavy atom. The Hall–Kier alpha value is -0.870. The summed E-state index contributed by atoms with van der Waals surface area (Å²) in [4.78, 5) is 3.89. The summed E-state index contributed by atoms with van der Waals surface area (Å²) in [5.74, 6) is -0.202. The van der Waals surface area contributed by atoms with E-state index in [9.17, 15) is 4.39 Å². The van der Waals surface area contributed by atoms with Crippen LogP contribution in [0.2, 0.25) is 5.02 Å². The zero-order chi connectivity index (χ0) is 12.8. The van der Waals surface area contributed by atoms with Gasteiger partial charge in [-0.2, -0.15) is 0 Å². The van der Waals surface area contributed by atoms with Crippen molar-refractivity contribution < 1.29 is 9.13 Å². The fraction of sp³-hybridized carbons (Fsp3) is 0.615. The minimum Gasteiger partial charge on any atom is -0.376 e. The van der Waals surface area contributed by atoms with Crippen LogP contribution >= 0.6 is 11.6 Å².